The van der Waals surface area contributed by atoms with Gasteiger partial charge in [0.05, 0.1) is 18.6 Å². The molecule has 1 aromatic heterocycles. The van der Waals surface area contributed by atoms with Crippen LogP contribution in [0.1, 0.15) is 19.1 Å². The normalized spacial score (nSPS) is 21.5. The van der Waals surface area contributed by atoms with Crippen molar-refractivity contribution in [1.82, 2.24) is 9.62 Å². The van der Waals surface area contributed by atoms with E-state index in [2.05, 4.69) is 9.62 Å². The molecule has 0 aliphatic carbocycles. The largest absolute Gasteiger partial charge is 0.468 e. The van der Waals surface area contributed by atoms with Gasteiger partial charge in [0, 0.05) is 13.1 Å². The van der Waals surface area contributed by atoms with Crippen LogP contribution >= 0.6 is 0 Å². The molecule has 0 spiro atoms. The van der Waals surface area contributed by atoms with Gasteiger partial charge in [0.25, 0.3) is 0 Å². The zero-order chi connectivity index (χ0) is 13.0. The predicted octanol–water partition coefficient (Wildman–Crippen LogP) is 1.04. The van der Waals surface area contributed by atoms with E-state index in [-0.39, 0.29) is 5.75 Å². The molecule has 1 aromatic rings. The maximum Gasteiger partial charge on any atom is 0.211 e. The van der Waals surface area contributed by atoms with Crippen LogP contribution in [0.5, 0.6) is 0 Å². The highest BCUT2D eigenvalue weighted by molar-refractivity contribution is 7.89. The van der Waals surface area contributed by atoms with E-state index in [9.17, 15) is 8.42 Å². The number of hydrogen-bond acceptors (Lipinski definition) is 4. The first-order valence-corrected chi connectivity index (χ1v) is 7.96. The molecule has 1 unspecified atom stereocenters. The number of furan rings is 1. The molecule has 102 valence electrons. The fourth-order valence-electron chi connectivity index (χ4n) is 2.19. The average Bonchev–Trinajstić information content (AvgIpc) is 2.99. The van der Waals surface area contributed by atoms with Crippen molar-refractivity contribution in [3.63, 3.8) is 0 Å². The van der Waals surface area contributed by atoms with Gasteiger partial charge in [-0.15, -0.1) is 0 Å². The molecule has 1 aliphatic heterocycles. The fraction of sp³-hybridized carbons (Fsp3) is 0.667. The van der Waals surface area contributed by atoms with Gasteiger partial charge in [0.2, 0.25) is 10.0 Å². The molecule has 1 atom stereocenters. The van der Waals surface area contributed by atoms with E-state index in [4.69, 9.17) is 4.42 Å². The molecule has 1 saturated heterocycles. The summed E-state index contributed by atoms with van der Waals surface area (Å²) in [5.41, 5.74) is 0. The number of nitrogens with one attached hydrogen (secondary N) is 1. The quantitative estimate of drug-likeness (QED) is 0.840. The van der Waals surface area contributed by atoms with Gasteiger partial charge in [-0.2, -0.15) is 0 Å². The van der Waals surface area contributed by atoms with Crippen molar-refractivity contribution >= 4 is 10.0 Å². The third-order valence-corrected chi connectivity index (χ3v) is 4.67. The van der Waals surface area contributed by atoms with Crippen LogP contribution in [0, 0.1) is 5.92 Å². The second-order valence-corrected chi connectivity index (χ2v) is 6.82. The van der Waals surface area contributed by atoms with Crippen molar-refractivity contribution in [2.24, 2.45) is 5.92 Å². The summed E-state index contributed by atoms with van der Waals surface area (Å²) >= 11 is 0. The lowest BCUT2D eigenvalue weighted by molar-refractivity contribution is 0.286. The lowest BCUT2D eigenvalue weighted by Gasteiger charge is -2.14. The lowest BCUT2D eigenvalue weighted by atomic mass is 10.1. The van der Waals surface area contributed by atoms with Gasteiger partial charge in [0.1, 0.15) is 5.76 Å². The number of hydrogen-bond donors (Lipinski definition) is 1. The highest BCUT2D eigenvalue weighted by Gasteiger charge is 2.24. The highest BCUT2D eigenvalue weighted by Crippen LogP contribution is 2.18. The molecular weight excluding hydrogens is 252 g/mol. The highest BCUT2D eigenvalue weighted by atomic mass is 32.2. The molecule has 1 aliphatic rings. The van der Waals surface area contributed by atoms with Gasteiger partial charge >= 0.3 is 0 Å². The van der Waals surface area contributed by atoms with Crippen molar-refractivity contribution in [2.45, 2.75) is 19.9 Å². The maximum absolute atomic E-state index is 11.4. The molecule has 0 amide bonds. The minimum absolute atomic E-state index is 0.149. The van der Waals surface area contributed by atoms with E-state index in [1.54, 1.807) is 13.2 Å². The molecule has 5 nitrogen and oxygen atoms in total. The third-order valence-electron chi connectivity index (χ3n) is 3.30. The van der Waals surface area contributed by atoms with Crippen molar-refractivity contribution in [3.05, 3.63) is 24.2 Å². The van der Waals surface area contributed by atoms with Crippen LogP contribution in [0.4, 0.5) is 0 Å². The standard InChI is InChI=1S/C12H20N2O3S/c1-2-18(15,16)13-8-11-5-6-14(9-11)10-12-4-3-7-17-12/h3-4,7,11,13H,2,5-6,8-10H2,1H3. The molecule has 2 rings (SSSR count). The Labute approximate surface area is 108 Å². The predicted molar refractivity (Wildman–Crippen MR) is 69.6 cm³/mol. The first-order chi connectivity index (χ1) is 8.59. The number of nitrogens with zero attached hydrogens (tertiary/aromatic N) is 1. The third kappa shape index (κ3) is 3.83. The summed E-state index contributed by atoms with van der Waals surface area (Å²) in [7, 11) is -3.06. The molecule has 0 radical (unpaired) electrons. The molecule has 6 heteroatoms. The lowest BCUT2D eigenvalue weighted by Crippen LogP contribution is -2.31. The second kappa shape index (κ2) is 5.86. The summed E-state index contributed by atoms with van der Waals surface area (Å²) in [6.07, 6.45) is 2.71. The monoisotopic (exact) mass is 272 g/mol. The Morgan fingerprint density at radius 3 is 3.06 bits per heavy atom. The Morgan fingerprint density at radius 2 is 2.39 bits per heavy atom. The van der Waals surface area contributed by atoms with Crippen molar-refractivity contribution < 1.29 is 12.8 Å². The number of rotatable bonds is 6. The summed E-state index contributed by atoms with van der Waals surface area (Å²) in [4.78, 5) is 2.30. The van der Waals surface area contributed by atoms with Gasteiger partial charge in [-0.1, -0.05) is 0 Å². The maximum atomic E-state index is 11.4. The number of sulfonamides is 1. The van der Waals surface area contributed by atoms with Gasteiger partial charge in [-0.05, 0) is 37.9 Å². The van der Waals surface area contributed by atoms with E-state index in [1.165, 1.54) is 0 Å². The van der Waals surface area contributed by atoms with Gasteiger partial charge < -0.3 is 4.42 Å². The molecule has 2 heterocycles. The van der Waals surface area contributed by atoms with E-state index < -0.39 is 10.0 Å². The van der Waals surface area contributed by atoms with Crippen LogP contribution in [0.3, 0.4) is 0 Å². The van der Waals surface area contributed by atoms with Crippen molar-refractivity contribution in [2.75, 3.05) is 25.4 Å². The average molecular weight is 272 g/mol. The van der Waals surface area contributed by atoms with Crippen LogP contribution in [-0.4, -0.2) is 38.7 Å². The van der Waals surface area contributed by atoms with Gasteiger partial charge in [-0.3, -0.25) is 4.90 Å². The molecule has 0 aromatic carbocycles. The Kier molecular flexibility index (Phi) is 4.42. The molecular formula is C12H20N2O3S. The second-order valence-electron chi connectivity index (χ2n) is 4.72. The topological polar surface area (TPSA) is 62.6 Å². The first kappa shape index (κ1) is 13.6. The number of likely N-dealkylation sites (tertiary alicyclic amines) is 1. The van der Waals surface area contributed by atoms with Gasteiger partial charge in [-0.25, -0.2) is 13.1 Å². The van der Waals surface area contributed by atoms with Gasteiger partial charge in [0.15, 0.2) is 0 Å². The van der Waals surface area contributed by atoms with Crippen LogP contribution in [-0.2, 0) is 16.6 Å². The minimum atomic E-state index is -3.06. The van der Waals surface area contributed by atoms with Crippen LogP contribution in [0.2, 0.25) is 0 Å². The minimum Gasteiger partial charge on any atom is -0.468 e. The van der Waals surface area contributed by atoms with Crippen LogP contribution < -0.4 is 4.72 Å². The zero-order valence-corrected chi connectivity index (χ0v) is 11.4. The Morgan fingerprint density at radius 1 is 1.56 bits per heavy atom. The Hall–Kier alpha value is -0.850. The Bertz CT molecular complexity index is 456. The van der Waals surface area contributed by atoms with E-state index in [1.807, 2.05) is 12.1 Å². The van der Waals surface area contributed by atoms with Crippen molar-refractivity contribution in [1.29, 1.82) is 0 Å². The summed E-state index contributed by atoms with van der Waals surface area (Å²) in [6, 6.07) is 3.85. The summed E-state index contributed by atoms with van der Waals surface area (Å²) in [6.45, 7) is 4.93. The van der Waals surface area contributed by atoms with E-state index in [0.29, 0.717) is 12.5 Å². The zero-order valence-electron chi connectivity index (χ0n) is 10.6. The van der Waals surface area contributed by atoms with Crippen LogP contribution in [0.25, 0.3) is 0 Å². The summed E-state index contributed by atoms with van der Waals surface area (Å²) in [5, 5.41) is 0. The van der Waals surface area contributed by atoms with E-state index >= 15 is 0 Å². The van der Waals surface area contributed by atoms with Crippen molar-refractivity contribution in [3.8, 4) is 0 Å². The smallest absolute Gasteiger partial charge is 0.211 e. The van der Waals surface area contributed by atoms with E-state index in [0.717, 1.165) is 31.8 Å². The first-order valence-electron chi connectivity index (χ1n) is 6.31. The molecule has 0 bridgehead atoms. The molecule has 18 heavy (non-hydrogen) atoms. The fourth-order valence-corrected chi connectivity index (χ4v) is 2.89. The molecule has 0 saturated carbocycles. The molecule has 1 fully saturated rings. The van der Waals surface area contributed by atoms with Crippen LogP contribution in [0.15, 0.2) is 22.8 Å². The summed E-state index contributed by atoms with van der Waals surface area (Å²) in [5.74, 6) is 1.52. The Balaban J connectivity index is 1.75. The summed E-state index contributed by atoms with van der Waals surface area (Å²) < 4.78 is 30.7. The molecule has 1 N–H and O–H groups in total. The SMILES string of the molecule is CCS(=O)(=O)NCC1CCN(Cc2ccco2)C1.